The lowest BCUT2D eigenvalue weighted by atomic mass is 10.0. The smallest absolute Gasteiger partial charge is 0.0187 e. The number of hydrogen-bond donors (Lipinski definition) is 0. The summed E-state index contributed by atoms with van der Waals surface area (Å²) in [6, 6.07) is 34.3. The van der Waals surface area contributed by atoms with Crippen LogP contribution in [0.3, 0.4) is 0 Å². The van der Waals surface area contributed by atoms with Gasteiger partial charge in [0.25, 0.3) is 0 Å². The summed E-state index contributed by atoms with van der Waals surface area (Å²) in [4.78, 5) is 0. The lowest BCUT2D eigenvalue weighted by Gasteiger charge is -2.03. The van der Waals surface area contributed by atoms with Gasteiger partial charge in [-0.05, 0) is 45.5 Å². The van der Waals surface area contributed by atoms with Gasteiger partial charge < -0.3 is 0 Å². The zero-order valence-corrected chi connectivity index (χ0v) is 18.1. The van der Waals surface area contributed by atoms with Crippen LogP contribution in [0.1, 0.15) is 11.1 Å². The molecule has 0 radical (unpaired) electrons. The normalized spacial score (nSPS) is 10.4. The van der Waals surface area contributed by atoms with Crippen molar-refractivity contribution in [2.45, 2.75) is 11.5 Å². The van der Waals surface area contributed by atoms with Gasteiger partial charge >= 0.3 is 0 Å². The van der Waals surface area contributed by atoms with Crippen LogP contribution in [0, 0.1) is 0 Å². The van der Waals surface area contributed by atoms with E-state index in [1.807, 2.05) is 29.6 Å². The standard InChI is InChI=1S/C14H14S.C12H12S/c1-15-11-12-7-9-14(10-8-12)13-5-3-2-4-6-13;1-13-9-11-7-4-6-10-5-2-3-8-12(10)11/h2-10H,11H2,1H3;2-8H,9H2,1H3. The highest BCUT2D eigenvalue weighted by atomic mass is 32.2. The summed E-state index contributed by atoms with van der Waals surface area (Å²) in [5.41, 5.74) is 5.40. The summed E-state index contributed by atoms with van der Waals surface area (Å²) in [5.74, 6) is 2.19. The fourth-order valence-electron chi connectivity index (χ4n) is 3.16. The first kappa shape index (κ1) is 20.6. The number of thioether (sulfide) groups is 2. The topological polar surface area (TPSA) is 0 Å². The third-order valence-electron chi connectivity index (χ3n) is 4.55. The highest BCUT2D eigenvalue weighted by molar-refractivity contribution is 7.98. The van der Waals surface area contributed by atoms with Crippen molar-refractivity contribution in [1.29, 1.82) is 0 Å². The highest BCUT2D eigenvalue weighted by Gasteiger charge is 1.98. The predicted octanol–water partition coefficient (Wildman–Crippen LogP) is 7.92. The maximum absolute atomic E-state index is 2.21. The van der Waals surface area contributed by atoms with Crippen LogP contribution >= 0.6 is 23.5 Å². The lowest BCUT2D eigenvalue weighted by molar-refractivity contribution is 1.42. The Hall–Kier alpha value is -2.16. The van der Waals surface area contributed by atoms with Crippen LogP contribution in [0.15, 0.2) is 97.1 Å². The van der Waals surface area contributed by atoms with Gasteiger partial charge in [-0.15, -0.1) is 0 Å². The van der Waals surface area contributed by atoms with Crippen molar-refractivity contribution < 1.29 is 0 Å². The van der Waals surface area contributed by atoms with Gasteiger partial charge in [-0.3, -0.25) is 0 Å². The molecular weight excluding hydrogens is 376 g/mol. The zero-order valence-electron chi connectivity index (χ0n) is 16.5. The molecule has 142 valence electrons. The molecule has 0 amide bonds. The second-order valence-corrected chi connectivity index (χ2v) is 8.30. The third kappa shape index (κ3) is 5.67. The number of hydrogen-bond acceptors (Lipinski definition) is 2. The van der Waals surface area contributed by atoms with Gasteiger partial charge in [-0.25, -0.2) is 0 Å². The Morgan fingerprint density at radius 3 is 1.86 bits per heavy atom. The summed E-state index contributed by atoms with van der Waals surface area (Å²) in [6.07, 6.45) is 4.27. The van der Waals surface area contributed by atoms with Crippen molar-refractivity contribution in [1.82, 2.24) is 0 Å². The van der Waals surface area contributed by atoms with Crippen molar-refractivity contribution in [3.8, 4) is 11.1 Å². The molecule has 0 nitrogen and oxygen atoms in total. The number of fused-ring (bicyclic) bond motifs is 1. The van der Waals surface area contributed by atoms with E-state index in [4.69, 9.17) is 0 Å². The predicted molar refractivity (Wildman–Crippen MR) is 130 cm³/mol. The van der Waals surface area contributed by atoms with Gasteiger partial charge in [-0.1, -0.05) is 97.1 Å². The van der Waals surface area contributed by atoms with Crippen LogP contribution in [-0.2, 0) is 11.5 Å². The van der Waals surface area contributed by atoms with E-state index < -0.39 is 0 Å². The molecule has 0 aliphatic carbocycles. The molecule has 0 bridgehead atoms. The first-order chi connectivity index (χ1) is 13.8. The summed E-state index contributed by atoms with van der Waals surface area (Å²) in [7, 11) is 0. The second-order valence-electron chi connectivity index (χ2n) is 6.57. The minimum Gasteiger partial charge on any atom is -0.161 e. The Kier molecular flexibility index (Phi) is 8.07. The van der Waals surface area contributed by atoms with E-state index in [0.717, 1.165) is 11.5 Å². The molecular formula is C26H26S2. The minimum atomic E-state index is 1.09. The maximum atomic E-state index is 2.21. The highest BCUT2D eigenvalue weighted by Crippen LogP contribution is 2.22. The van der Waals surface area contributed by atoms with Crippen LogP contribution in [0.5, 0.6) is 0 Å². The summed E-state index contributed by atoms with van der Waals surface area (Å²) in [5, 5.41) is 2.73. The first-order valence-corrected chi connectivity index (χ1v) is 12.2. The molecule has 0 fully saturated rings. The van der Waals surface area contributed by atoms with Gasteiger partial charge in [-0.2, -0.15) is 23.5 Å². The molecule has 0 aromatic heterocycles. The average molecular weight is 403 g/mol. The number of benzene rings is 4. The van der Waals surface area contributed by atoms with Gasteiger partial charge in [0, 0.05) is 11.5 Å². The van der Waals surface area contributed by atoms with E-state index >= 15 is 0 Å². The Morgan fingerprint density at radius 2 is 1.14 bits per heavy atom. The van der Waals surface area contributed by atoms with Crippen LogP contribution < -0.4 is 0 Å². The van der Waals surface area contributed by atoms with Crippen molar-refractivity contribution in [3.05, 3.63) is 108 Å². The lowest BCUT2D eigenvalue weighted by Crippen LogP contribution is -1.82. The molecule has 4 rings (SSSR count). The van der Waals surface area contributed by atoms with Crippen molar-refractivity contribution in [2.24, 2.45) is 0 Å². The molecule has 0 atom stereocenters. The van der Waals surface area contributed by atoms with E-state index in [1.54, 1.807) is 0 Å². The fraction of sp³-hybridized carbons (Fsp3) is 0.154. The molecule has 0 unspecified atom stereocenters. The van der Waals surface area contributed by atoms with E-state index in [-0.39, 0.29) is 0 Å². The molecule has 0 spiro atoms. The second kappa shape index (κ2) is 11.0. The number of rotatable bonds is 5. The van der Waals surface area contributed by atoms with Crippen molar-refractivity contribution in [3.63, 3.8) is 0 Å². The van der Waals surface area contributed by atoms with Crippen molar-refractivity contribution in [2.75, 3.05) is 12.5 Å². The third-order valence-corrected chi connectivity index (χ3v) is 5.77. The quantitative estimate of drug-likeness (QED) is 0.332. The Bertz CT molecular complexity index is 971. The summed E-state index contributed by atoms with van der Waals surface area (Å²) < 4.78 is 0. The summed E-state index contributed by atoms with van der Waals surface area (Å²) >= 11 is 3.73. The molecule has 0 saturated carbocycles. The van der Waals surface area contributed by atoms with Crippen LogP contribution in [-0.4, -0.2) is 12.5 Å². The Morgan fingerprint density at radius 1 is 0.536 bits per heavy atom. The van der Waals surface area contributed by atoms with Gasteiger partial charge in [0.1, 0.15) is 0 Å². The minimum absolute atomic E-state index is 1.09. The van der Waals surface area contributed by atoms with Crippen LogP contribution in [0.2, 0.25) is 0 Å². The molecule has 4 aromatic rings. The SMILES string of the molecule is CSCc1ccc(-c2ccccc2)cc1.CSCc1cccc2ccccc12. The monoisotopic (exact) mass is 402 g/mol. The molecule has 28 heavy (non-hydrogen) atoms. The molecule has 0 saturated heterocycles. The van der Waals surface area contributed by atoms with E-state index in [1.165, 1.54) is 33.0 Å². The molecule has 0 N–H and O–H groups in total. The Labute approximate surface area is 177 Å². The maximum Gasteiger partial charge on any atom is 0.0187 e. The van der Waals surface area contributed by atoms with E-state index in [0.29, 0.717) is 0 Å². The molecule has 4 aromatic carbocycles. The Balaban J connectivity index is 0.000000162. The first-order valence-electron chi connectivity index (χ1n) is 9.40. The molecule has 0 aliphatic heterocycles. The van der Waals surface area contributed by atoms with E-state index in [2.05, 4.69) is 104 Å². The van der Waals surface area contributed by atoms with Crippen molar-refractivity contribution >= 4 is 34.3 Å². The van der Waals surface area contributed by atoms with E-state index in [9.17, 15) is 0 Å². The van der Waals surface area contributed by atoms with Gasteiger partial charge in [0.15, 0.2) is 0 Å². The van der Waals surface area contributed by atoms with Gasteiger partial charge in [0.2, 0.25) is 0 Å². The fourth-order valence-corrected chi connectivity index (χ4v) is 4.25. The zero-order chi connectivity index (χ0) is 19.6. The molecule has 0 heterocycles. The largest absolute Gasteiger partial charge is 0.161 e. The van der Waals surface area contributed by atoms with Crippen LogP contribution in [0.25, 0.3) is 21.9 Å². The molecule has 2 heteroatoms. The molecule has 0 aliphatic rings. The van der Waals surface area contributed by atoms with Crippen LogP contribution in [0.4, 0.5) is 0 Å². The van der Waals surface area contributed by atoms with Gasteiger partial charge in [0.05, 0.1) is 0 Å². The summed E-state index contributed by atoms with van der Waals surface area (Å²) in [6.45, 7) is 0. The average Bonchev–Trinajstić information content (AvgIpc) is 2.76.